The lowest BCUT2D eigenvalue weighted by molar-refractivity contribution is -0.144. The molecule has 0 bridgehead atoms. The van der Waals surface area contributed by atoms with E-state index in [1.807, 2.05) is 12.1 Å². The molecule has 88 valence electrons. The van der Waals surface area contributed by atoms with E-state index >= 15 is 0 Å². The number of thioether (sulfide) groups is 1. The Morgan fingerprint density at radius 2 is 2.12 bits per heavy atom. The number of esters is 1. The molecule has 0 saturated heterocycles. The van der Waals surface area contributed by atoms with Crippen LogP contribution in [0, 0.1) is 0 Å². The van der Waals surface area contributed by atoms with Crippen molar-refractivity contribution in [1.29, 1.82) is 0 Å². The van der Waals surface area contributed by atoms with E-state index in [0.717, 1.165) is 4.90 Å². The Morgan fingerprint density at radius 1 is 1.50 bits per heavy atom. The summed E-state index contributed by atoms with van der Waals surface area (Å²) in [5.74, 6) is 0.143. The van der Waals surface area contributed by atoms with Gasteiger partial charge < -0.3 is 10.5 Å². The van der Waals surface area contributed by atoms with Crippen molar-refractivity contribution in [2.24, 2.45) is 5.73 Å². The van der Waals surface area contributed by atoms with Crippen molar-refractivity contribution in [2.45, 2.75) is 17.9 Å². The molecular weight excluding hydrogens is 246 g/mol. The summed E-state index contributed by atoms with van der Waals surface area (Å²) in [5.41, 5.74) is 5.66. The number of carbonyl (C=O) groups is 1. The zero-order valence-electron chi connectivity index (χ0n) is 8.98. The molecule has 0 amide bonds. The standard InChI is InChI=1S/C11H14ClNO2S/c1-2-15-11(14)10(13)7-16-9-5-3-8(12)4-6-9/h3-6,10H,2,7,13H2,1H3. The first-order chi connectivity index (χ1) is 7.63. The minimum absolute atomic E-state index is 0.357. The van der Waals surface area contributed by atoms with Crippen LogP contribution in [0.4, 0.5) is 0 Å². The van der Waals surface area contributed by atoms with Crippen LogP contribution < -0.4 is 5.73 Å². The van der Waals surface area contributed by atoms with Crippen LogP contribution in [0.3, 0.4) is 0 Å². The van der Waals surface area contributed by atoms with Gasteiger partial charge in [0.15, 0.2) is 0 Å². The molecule has 1 aromatic rings. The maximum atomic E-state index is 11.2. The van der Waals surface area contributed by atoms with Crippen molar-refractivity contribution in [3.63, 3.8) is 0 Å². The number of rotatable bonds is 5. The molecule has 5 heteroatoms. The lowest BCUT2D eigenvalue weighted by Crippen LogP contribution is -2.34. The molecule has 3 nitrogen and oxygen atoms in total. The molecule has 0 aromatic heterocycles. The number of carbonyl (C=O) groups excluding carboxylic acids is 1. The highest BCUT2D eigenvalue weighted by atomic mass is 35.5. The summed E-state index contributed by atoms with van der Waals surface area (Å²) in [4.78, 5) is 12.3. The Hall–Kier alpha value is -0.710. The van der Waals surface area contributed by atoms with Gasteiger partial charge in [-0.15, -0.1) is 11.8 Å². The normalized spacial score (nSPS) is 12.2. The summed E-state index contributed by atoms with van der Waals surface area (Å²) in [7, 11) is 0. The quantitative estimate of drug-likeness (QED) is 0.651. The van der Waals surface area contributed by atoms with E-state index in [-0.39, 0.29) is 5.97 Å². The lowest BCUT2D eigenvalue weighted by atomic mass is 10.4. The third-order valence-electron chi connectivity index (χ3n) is 1.83. The van der Waals surface area contributed by atoms with Gasteiger partial charge in [0.2, 0.25) is 0 Å². The Labute approximate surface area is 104 Å². The molecule has 1 aromatic carbocycles. The van der Waals surface area contributed by atoms with Crippen molar-refractivity contribution < 1.29 is 9.53 Å². The van der Waals surface area contributed by atoms with Gasteiger partial charge in [-0.2, -0.15) is 0 Å². The summed E-state index contributed by atoms with van der Waals surface area (Å²) in [6.45, 7) is 2.12. The zero-order valence-corrected chi connectivity index (χ0v) is 10.6. The predicted octanol–water partition coefficient (Wildman–Crippen LogP) is 2.32. The summed E-state index contributed by atoms with van der Waals surface area (Å²) in [6, 6.07) is 6.82. The van der Waals surface area contributed by atoms with Crippen LogP contribution in [0.25, 0.3) is 0 Å². The van der Waals surface area contributed by atoms with Gasteiger partial charge in [0.05, 0.1) is 6.61 Å². The first-order valence-corrected chi connectivity index (χ1v) is 6.30. The van der Waals surface area contributed by atoms with Gasteiger partial charge in [-0.1, -0.05) is 11.6 Å². The summed E-state index contributed by atoms with van der Waals surface area (Å²) >= 11 is 7.26. The lowest BCUT2D eigenvalue weighted by Gasteiger charge is -2.09. The SMILES string of the molecule is CCOC(=O)C(N)CSc1ccc(Cl)cc1. The monoisotopic (exact) mass is 259 g/mol. The second kappa shape index (κ2) is 6.78. The Balaban J connectivity index is 2.39. The average Bonchev–Trinajstić information content (AvgIpc) is 2.28. The molecule has 0 aliphatic rings. The molecule has 0 fully saturated rings. The Kier molecular flexibility index (Phi) is 5.66. The minimum atomic E-state index is -0.583. The van der Waals surface area contributed by atoms with E-state index in [0.29, 0.717) is 17.4 Å². The number of hydrogen-bond acceptors (Lipinski definition) is 4. The first-order valence-electron chi connectivity index (χ1n) is 4.94. The van der Waals surface area contributed by atoms with Crippen molar-refractivity contribution >= 4 is 29.3 Å². The largest absolute Gasteiger partial charge is 0.465 e. The average molecular weight is 260 g/mol. The second-order valence-corrected chi connectivity index (χ2v) is 4.65. The Morgan fingerprint density at radius 3 is 2.69 bits per heavy atom. The van der Waals surface area contributed by atoms with E-state index in [9.17, 15) is 4.79 Å². The molecule has 0 radical (unpaired) electrons. The van der Waals surface area contributed by atoms with E-state index < -0.39 is 6.04 Å². The zero-order chi connectivity index (χ0) is 12.0. The molecule has 0 aliphatic carbocycles. The first kappa shape index (κ1) is 13.4. The second-order valence-electron chi connectivity index (χ2n) is 3.12. The molecule has 1 unspecified atom stereocenters. The van der Waals surface area contributed by atoms with Crippen LogP contribution in [0.5, 0.6) is 0 Å². The Bertz CT molecular complexity index is 342. The molecule has 16 heavy (non-hydrogen) atoms. The van der Waals surface area contributed by atoms with Gasteiger partial charge in [0.1, 0.15) is 6.04 Å². The molecule has 1 rings (SSSR count). The molecule has 0 heterocycles. The van der Waals surface area contributed by atoms with Crippen LogP contribution in [0.15, 0.2) is 29.2 Å². The maximum Gasteiger partial charge on any atom is 0.323 e. The van der Waals surface area contributed by atoms with Crippen LogP contribution in [0.2, 0.25) is 5.02 Å². The smallest absolute Gasteiger partial charge is 0.323 e. The molecule has 2 N–H and O–H groups in total. The third-order valence-corrected chi connectivity index (χ3v) is 3.22. The predicted molar refractivity (Wildman–Crippen MR) is 66.8 cm³/mol. The number of ether oxygens (including phenoxy) is 1. The van der Waals surface area contributed by atoms with Crippen molar-refractivity contribution in [3.05, 3.63) is 29.3 Å². The molecule has 0 saturated carbocycles. The molecule has 0 aliphatic heterocycles. The number of nitrogens with two attached hydrogens (primary N) is 1. The molecular formula is C11H14ClNO2S. The van der Waals surface area contributed by atoms with Gasteiger partial charge >= 0.3 is 5.97 Å². The van der Waals surface area contributed by atoms with Crippen LogP contribution >= 0.6 is 23.4 Å². The topological polar surface area (TPSA) is 52.3 Å². The molecule has 1 atom stereocenters. The number of halogens is 1. The van der Waals surface area contributed by atoms with Crippen LogP contribution in [-0.2, 0) is 9.53 Å². The maximum absolute atomic E-state index is 11.2. The van der Waals surface area contributed by atoms with Crippen molar-refractivity contribution in [1.82, 2.24) is 0 Å². The minimum Gasteiger partial charge on any atom is -0.465 e. The molecule has 0 spiro atoms. The van der Waals surface area contributed by atoms with E-state index in [1.165, 1.54) is 11.8 Å². The number of benzene rings is 1. The van der Waals surface area contributed by atoms with Crippen molar-refractivity contribution in [2.75, 3.05) is 12.4 Å². The van der Waals surface area contributed by atoms with E-state index in [1.54, 1.807) is 19.1 Å². The van der Waals surface area contributed by atoms with Gasteiger partial charge in [-0.05, 0) is 31.2 Å². The third kappa shape index (κ3) is 4.43. The highest BCUT2D eigenvalue weighted by molar-refractivity contribution is 7.99. The fourth-order valence-corrected chi connectivity index (χ4v) is 2.00. The van der Waals surface area contributed by atoms with Crippen LogP contribution in [0.1, 0.15) is 6.92 Å². The highest BCUT2D eigenvalue weighted by Gasteiger charge is 2.14. The van der Waals surface area contributed by atoms with E-state index in [4.69, 9.17) is 22.1 Å². The van der Waals surface area contributed by atoms with Crippen LogP contribution in [-0.4, -0.2) is 24.4 Å². The van der Waals surface area contributed by atoms with Gasteiger partial charge in [0, 0.05) is 15.7 Å². The highest BCUT2D eigenvalue weighted by Crippen LogP contribution is 2.20. The van der Waals surface area contributed by atoms with Crippen molar-refractivity contribution in [3.8, 4) is 0 Å². The van der Waals surface area contributed by atoms with Gasteiger partial charge in [-0.3, -0.25) is 4.79 Å². The summed E-state index contributed by atoms with van der Waals surface area (Å²) < 4.78 is 4.81. The fourth-order valence-electron chi connectivity index (χ4n) is 1.03. The van der Waals surface area contributed by atoms with Gasteiger partial charge in [-0.25, -0.2) is 0 Å². The summed E-state index contributed by atoms with van der Waals surface area (Å²) in [5, 5.41) is 0.694. The van der Waals surface area contributed by atoms with Gasteiger partial charge in [0.25, 0.3) is 0 Å². The van der Waals surface area contributed by atoms with E-state index in [2.05, 4.69) is 0 Å². The number of hydrogen-bond donors (Lipinski definition) is 1. The summed E-state index contributed by atoms with van der Waals surface area (Å²) in [6.07, 6.45) is 0. The fraction of sp³-hybridized carbons (Fsp3) is 0.364.